The van der Waals surface area contributed by atoms with E-state index >= 15 is 0 Å². The van der Waals surface area contributed by atoms with Gasteiger partial charge in [-0.2, -0.15) is 17.4 Å². The summed E-state index contributed by atoms with van der Waals surface area (Å²) in [5.74, 6) is 0. The molecule has 1 heterocycles. The molecule has 1 saturated heterocycles. The lowest BCUT2D eigenvalue weighted by Gasteiger charge is -2.26. The highest BCUT2D eigenvalue weighted by molar-refractivity contribution is 7.87. The highest BCUT2D eigenvalue weighted by Crippen LogP contribution is 2.29. The fourth-order valence-corrected chi connectivity index (χ4v) is 4.01. The average molecular weight is 261 g/mol. The summed E-state index contributed by atoms with van der Waals surface area (Å²) in [4.78, 5) is 0. The van der Waals surface area contributed by atoms with Gasteiger partial charge in [0.25, 0.3) is 10.2 Å². The Morgan fingerprint density at radius 3 is 2.53 bits per heavy atom. The van der Waals surface area contributed by atoms with Gasteiger partial charge in [0.1, 0.15) is 0 Å². The molecule has 1 atom stereocenters. The summed E-state index contributed by atoms with van der Waals surface area (Å²) in [6, 6.07) is 0.519. The summed E-state index contributed by atoms with van der Waals surface area (Å²) in [6.07, 6.45) is 4.25. The first-order valence-electron chi connectivity index (χ1n) is 6.51. The van der Waals surface area contributed by atoms with Gasteiger partial charge in [-0.3, -0.25) is 0 Å². The Kier molecular flexibility index (Phi) is 4.07. The third kappa shape index (κ3) is 3.64. The van der Waals surface area contributed by atoms with E-state index in [0.717, 1.165) is 32.2 Å². The number of nitrogens with zero attached hydrogens (tertiary/aromatic N) is 1. The van der Waals surface area contributed by atoms with Gasteiger partial charge in [0.15, 0.2) is 0 Å². The van der Waals surface area contributed by atoms with E-state index in [1.807, 2.05) is 13.8 Å². The molecular formula is C11H23N3O2S. The molecule has 2 N–H and O–H groups in total. The van der Waals surface area contributed by atoms with Crippen molar-refractivity contribution in [2.75, 3.05) is 13.1 Å². The van der Waals surface area contributed by atoms with Crippen LogP contribution in [0.25, 0.3) is 0 Å². The van der Waals surface area contributed by atoms with Crippen molar-refractivity contribution in [3.05, 3.63) is 0 Å². The van der Waals surface area contributed by atoms with Crippen LogP contribution in [-0.4, -0.2) is 43.9 Å². The van der Waals surface area contributed by atoms with Crippen molar-refractivity contribution in [2.45, 2.75) is 57.7 Å². The van der Waals surface area contributed by atoms with Crippen LogP contribution in [0, 0.1) is 0 Å². The molecule has 17 heavy (non-hydrogen) atoms. The third-order valence-corrected chi connectivity index (χ3v) is 5.04. The summed E-state index contributed by atoms with van der Waals surface area (Å²) in [5.41, 5.74) is 0. The van der Waals surface area contributed by atoms with Crippen LogP contribution in [0.5, 0.6) is 0 Å². The Morgan fingerprint density at radius 2 is 2.06 bits per heavy atom. The van der Waals surface area contributed by atoms with Crippen LogP contribution in [0.1, 0.15) is 39.5 Å². The first-order chi connectivity index (χ1) is 7.99. The van der Waals surface area contributed by atoms with E-state index in [4.69, 9.17) is 0 Å². The molecule has 1 aliphatic heterocycles. The molecule has 1 aliphatic carbocycles. The molecule has 0 aromatic carbocycles. The van der Waals surface area contributed by atoms with Crippen molar-refractivity contribution >= 4 is 10.2 Å². The first-order valence-corrected chi connectivity index (χ1v) is 7.95. The Bertz CT molecular complexity index is 346. The number of hydrogen-bond acceptors (Lipinski definition) is 3. The molecule has 2 rings (SSSR count). The lowest BCUT2D eigenvalue weighted by atomic mass is 10.2. The molecule has 0 aromatic rings. The predicted molar refractivity (Wildman–Crippen MR) is 67.9 cm³/mol. The van der Waals surface area contributed by atoms with Crippen molar-refractivity contribution in [2.24, 2.45) is 0 Å². The quantitative estimate of drug-likeness (QED) is 0.729. The highest BCUT2D eigenvalue weighted by Gasteiger charge is 2.38. The molecule has 1 unspecified atom stereocenters. The summed E-state index contributed by atoms with van der Waals surface area (Å²) in [5, 5.41) is 3.36. The minimum absolute atomic E-state index is 0.0437. The molecule has 0 aromatic heterocycles. The van der Waals surface area contributed by atoms with E-state index in [2.05, 4.69) is 10.0 Å². The van der Waals surface area contributed by atoms with Crippen molar-refractivity contribution in [3.8, 4) is 0 Å². The third-order valence-electron chi connectivity index (χ3n) is 3.21. The minimum Gasteiger partial charge on any atom is -0.313 e. The van der Waals surface area contributed by atoms with Crippen LogP contribution < -0.4 is 10.0 Å². The topological polar surface area (TPSA) is 61.4 Å². The van der Waals surface area contributed by atoms with Crippen molar-refractivity contribution in [3.63, 3.8) is 0 Å². The van der Waals surface area contributed by atoms with Gasteiger partial charge >= 0.3 is 0 Å². The molecule has 6 heteroatoms. The SMILES string of the molecule is CC(C)NS(=O)(=O)N(CC1CCCN1)C1CC1. The summed E-state index contributed by atoms with van der Waals surface area (Å²) in [7, 11) is -3.30. The highest BCUT2D eigenvalue weighted by atomic mass is 32.2. The van der Waals surface area contributed by atoms with Crippen LogP contribution in [0.4, 0.5) is 0 Å². The number of nitrogens with one attached hydrogen (secondary N) is 2. The maximum absolute atomic E-state index is 12.2. The molecule has 0 radical (unpaired) electrons. The summed E-state index contributed by atoms with van der Waals surface area (Å²) < 4.78 is 28.7. The van der Waals surface area contributed by atoms with Crippen LogP contribution in [0.15, 0.2) is 0 Å². The summed E-state index contributed by atoms with van der Waals surface area (Å²) in [6.45, 7) is 5.35. The zero-order chi connectivity index (χ0) is 12.5. The smallest absolute Gasteiger partial charge is 0.279 e. The fraction of sp³-hybridized carbons (Fsp3) is 1.00. The van der Waals surface area contributed by atoms with Gasteiger partial charge in [0, 0.05) is 24.7 Å². The minimum atomic E-state index is -3.30. The van der Waals surface area contributed by atoms with E-state index in [1.165, 1.54) is 0 Å². The zero-order valence-corrected chi connectivity index (χ0v) is 11.5. The van der Waals surface area contributed by atoms with E-state index in [9.17, 15) is 8.42 Å². The van der Waals surface area contributed by atoms with Crippen molar-refractivity contribution in [1.29, 1.82) is 0 Å². The van der Waals surface area contributed by atoms with E-state index < -0.39 is 10.2 Å². The van der Waals surface area contributed by atoms with E-state index in [-0.39, 0.29) is 12.1 Å². The number of rotatable bonds is 6. The molecule has 2 fully saturated rings. The van der Waals surface area contributed by atoms with Crippen molar-refractivity contribution in [1.82, 2.24) is 14.3 Å². The van der Waals surface area contributed by atoms with E-state index in [1.54, 1.807) is 4.31 Å². The zero-order valence-electron chi connectivity index (χ0n) is 10.6. The number of hydrogen-bond donors (Lipinski definition) is 2. The largest absolute Gasteiger partial charge is 0.313 e. The van der Waals surface area contributed by atoms with Crippen LogP contribution in [0.2, 0.25) is 0 Å². The Morgan fingerprint density at radius 1 is 1.35 bits per heavy atom. The van der Waals surface area contributed by atoms with Gasteiger partial charge in [-0.05, 0) is 46.1 Å². The maximum Gasteiger partial charge on any atom is 0.279 e. The second-order valence-electron chi connectivity index (χ2n) is 5.37. The second kappa shape index (κ2) is 5.22. The lowest BCUT2D eigenvalue weighted by molar-refractivity contribution is 0.355. The van der Waals surface area contributed by atoms with Crippen LogP contribution in [0.3, 0.4) is 0 Å². The first kappa shape index (κ1) is 13.3. The predicted octanol–water partition coefficient (Wildman–Crippen LogP) is 0.446. The fourth-order valence-electron chi connectivity index (χ4n) is 2.30. The Hall–Kier alpha value is -0.170. The molecule has 5 nitrogen and oxygen atoms in total. The van der Waals surface area contributed by atoms with Gasteiger partial charge in [-0.15, -0.1) is 0 Å². The summed E-state index contributed by atoms with van der Waals surface area (Å²) >= 11 is 0. The molecule has 0 amide bonds. The molecule has 100 valence electrons. The normalized spacial score (nSPS) is 26.0. The van der Waals surface area contributed by atoms with Gasteiger partial charge in [0.2, 0.25) is 0 Å². The molecule has 1 saturated carbocycles. The standard InChI is InChI=1S/C11H23N3O2S/c1-9(2)13-17(15,16)14(11-5-6-11)8-10-4-3-7-12-10/h9-13H,3-8H2,1-2H3. The second-order valence-corrected chi connectivity index (χ2v) is 7.03. The van der Waals surface area contributed by atoms with Crippen LogP contribution in [-0.2, 0) is 10.2 Å². The van der Waals surface area contributed by atoms with Gasteiger partial charge in [-0.25, -0.2) is 0 Å². The Balaban J connectivity index is 2.00. The monoisotopic (exact) mass is 261 g/mol. The van der Waals surface area contributed by atoms with Gasteiger partial charge in [0.05, 0.1) is 0 Å². The maximum atomic E-state index is 12.2. The molecule has 0 bridgehead atoms. The van der Waals surface area contributed by atoms with Crippen molar-refractivity contribution < 1.29 is 8.42 Å². The molecule has 0 spiro atoms. The van der Waals surface area contributed by atoms with Gasteiger partial charge in [-0.1, -0.05) is 0 Å². The van der Waals surface area contributed by atoms with E-state index in [0.29, 0.717) is 12.6 Å². The lowest BCUT2D eigenvalue weighted by Crippen LogP contribution is -2.49. The average Bonchev–Trinajstić information content (AvgIpc) is 2.90. The molecular weight excluding hydrogens is 238 g/mol. The van der Waals surface area contributed by atoms with Gasteiger partial charge < -0.3 is 5.32 Å². The van der Waals surface area contributed by atoms with Crippen LogP contribution >= 0.6 is 0 Å². The molecule has 2 aliphatic rings. The Labute approximate surface area is 104 Å².